The second-order valence-corrected chi connectivity index (χ2v) is 8.74. The van der Waals surface area contributed by atoms with Crippen molar-refractivity contribution in [2.75, 3.05) is 7.11 Å². The number of amides is 1. The number of nitrogens with one attached hydrogen (secondary N) is 2. The quantitative estimate of drug-likeness (QED) is 0.382. The molecule has 0 aromatic heterocycles. The first-order valence-electron chi connectivity index (χ1n) is 9.99. The van der Waals surface area contributed by atoms with E-state index >= 15 is 0 Å². The van der Waals surface area contributed by atoms with Crippen LogP contribution in [0, 0.1) is 5.92 Å². The van der Waals surface area contributed by atoms with E-state index in [1.54, 1.807) is 6.92 Å². The van der Waals surface area contributed by atoms with Gasteiger partial charge < -0.3 is 14.9 Å². The topological polar surface area (TPSA) is 111 Å². The molecule has 31 heavy (non-hydrogen) atoms. The summed E-state index contributed by atoms with van der Waals surface area (Å²) in [6, 6.07) is 15.3. The van der Waals surface area contributed by atoms with Crippen LogP contribution in [0.5, 0.6) is 5.75 Å². The Bertz CT molecular complexity index is 946. The average Bonchev–Trinajstić information content (AvgIpc) is 2.79. The maximum Gasteiger partial charge on any atom is 0.328 e. The second-order valence-electron chi connectivity index (χ2n) is 7.09. The van der Waals surface area contributed by atoms with Crippen LogP contribution >= 0.6 is 0 Å². The molecule has 8 nitrogen and oxygen atoms in total. The van der Waals surface area contributed by atoms with Crippen LogP contribution in [0.15, 0.2) is 59.5 Å². The van der Waals surface area contributed by atoms with E-state index in [1.165, 1.54) is 31.4 Å². The van der Waals surface area contributed by atoms with Gasteiger partial charge in [0.2, 0.25) is 5.91 Å². The molecule has 1 atom stereocenters. The molecule has 0 aliphatic rings. The van der Waals surface area contributed by atoms with Crippen LogP contribution in [0.3, 0.4) is 0 Å². The monoisotopic (exact) mass is 448 g/mol. The molecule has 168 valence electrons. The summed E-state index contributed by atoms with van der Waals surface area (Å²) in [5, 5.41) is 2.85. The van der Waals surface area contributed by atoms with Gasteiger partial charge in [0.05, 0.1) is 17.9 Å². The van der Waals surface area contributed by atoms with Crippen LogP contribution in [-0.4, -0.2) is 27.4 Å². The molecule has 0 saturated carbocycles. The summed E-state index contributed by atoms with van der Waals surface area (Å²) in [5.41, 5.74) is 1.03. The van der Waals surface area contributed by atoms with Crippen LogP contribution in [0.1, 0.15) is 38.2 Å². The maximum absolute atomic E-state index is 12.2. The van der Waals surface area contributed by atoms with Gasteiger partial charge in [-0.2, -0.15) is 0 Å². The van der Waals surface area contributed by atoms with Gasteiger partial charge in [-0.3, -0.25) is 9.59 Å². The molecular weight excluding hydrogens is 420 g/mol. The Hall–Kier alpha value is -2.91. The summed E-state index contributed by atoms with van der Waals surface area (Å²) in [5.74, 6) is -0.721. The van der Waals surface area contributed by atoms with E-state index in [-0.39, 0.29) is 10.8 Å². The van der Waals surface area contributed by atoms with Gasteiger partial charge >= 0.3 is 5.97 Å². The number of hydrogen-bond acceptors (Lipinski definition) is 6. The molecule has 0 bridgehead atoms. The van der Waals surface area contributed by atoms with E-state index in [0.717, 1.165) is 5.56 Å². The molecule has 0 radical (unpaired) electrons. The lowest BCUT2D eigenvalue weighted by molar-refractivity contribution is -0.151. The van der Waals surface area contributed by atoms with Crippen molar-refractivity contribution in [1.82, 2.24) is 10.2 Å². The molecule has 2 aromatic rings. The number of carbonyl (C=O) groups is 2. The maximum atomic E-state index is 12.2. The lowest BCUT2D eigenvalue weighted by atomic mass is 10.0. The Morgan fingerprint density at radius 2 is 1.68 bits per heavy atom. The van der Waals surface area contributed by atoms with Gasteiger partial charge in [0.25, 0.3) is 10.0 Å². The van der Waals surface area contributed by atoms with E-state index < -0.39 is 21.9 Å². The third kappa shape index (κ3) is 8.39. The van der Waals surface area contributed by atoms with E-state index in [1.807, 2.05) is 35.2 Å². The lowest BCUT2D eigenvalue weighted by Gasteiger charge is -2.12. The van der Waals surface area contributed by atoms with Gasteiger partial charge in [-0.05, 0) is 47.6 Å². The normalized spacial score (nSPS) is 12.1. The van der Waals surface area contributed by atoms with E-state index in [9.17, 15) is 18.0 Å². The smallest absolute Gasteiger partial charge is 0.328 e. The highest BCUT2D eigenvalue weighted by Crippen LogP contribution is 2.16. The fourth-order valence-corrected chi connectivity index (χ4v) is 3.52. The highest BCUT2D eigenvalue weighted by Gasteiger charge is 2.20. The zero-order valence-corrected chi connectivity index (χ0v) is 18.5. The standard InChI is InChI=1S/C22H28N2O6S/c1-17(8-6-7-11-21(25)23-16-18-9-4-3-5-10-18)22(26)30-24-31(27,28)20-14-12-19(29-2)13-15-20/h3-5,9-10,12-15,17,24H,6-8,11,16H2,1-2H3,(H,23,25)/t17-/m1/s1. The van der Waals surface area contributed by atoms with Crippen LogP contribution in [0.25, 0.3) is 0 Å². The highest BCUT2D eigenvalue weighted by molar-refractivity contribution is 7.89. The molecule has 0 aliphatic carbocycles. The van der Waals surface area contributed by atoms with E-state index in [4.69, 9.17) is 9.57 Å². The zero-order valence-electron chi connectivity index (χ0n) is 17.7. The van der Waals surface area contributed by atoms with Crippen LogP contribution < -0.4 is 14.9 Å². The first-order valence-corrected chi connectivity index (χ1v) is 11.5. The van der Waals surface area contributed by atoms with Crippen molar-refractivity contribution in [2.24, 2.45) is 5.92 Å². The largest absolute Gasteiger partial charge is 0.497 e. The van der Waals surface area contributed by atoms with Crippen molar-refractivity contribution in [3.63, 3.8) is 0 Å². The van der Waals surface area contributed by atoms with Crippen molar-refractivity contribution in [2.45, 2.75) is 44.0 Å². The third-order valence-corrected chi connectivity index (χ3v) is 5.84. The molecule has 2 aromatic carbocycles. The molecule has 2 N–H and O–H groups in total. The summed E-state index contributed by atoms with van der Waals surface area (Å²) in [7, 11) is -2.51. The Morgan fingerprint density at radius 3 is 2.32 bits per heavy atom. The molecule has 2 rings (SSSR count). The summed E-state index contributed by atoms with van der Waals surface area (Å²) in [4.78, 5) is 30.5. The number of unbranched alkanes of at least 4 members (excludes halogenated alkanes) is 1. The van der Waals surface area contributed by atoms with Gasteiger partial charge in [-0.1, -0.05) is 43.7 Å². The van der Waals surface area contributed by atoms with Crippen LogP contribution in [0.2, 0.25) is 0 Å². The summed E-state index contributed by atoms with van der Waals surface area (Å²) >= 11 is 0. The van der Waals surface area contributed by atoms with Gasteiger partial charge in [-0.15, -0.1) is 0 Å². The minimum absolute atomic E-state index is 0.0460. The summed E-state index contributed by atoms with van der Waals surface area (Å²) in [6.45, 7) is 2.14. The molecule has 9 heteroatoms. The second kappa shape index (κ2) is 12.1. The number of methoxy groups -OCH3 is 1. The molecule has 0 heterocycles. The minimum atomic E-state index is -3.98. The first-order chi connectivity index (χ1) is 14.8. The Kier molecular flexibility index (Phi) is 9.48. The SMILES string of the molecule is COc1ccc(S(=O)(=O)NOC(=O)[C@H](C)CCCCC(=O)NCc2ccccc2)cc1. The fourth-order valence-electron chi connectivity index (χ4n) is 2.74. The van der Waals surface area contributed by atoms with Crippen molar-refractivity contribution in [1.29, 1.82) is 0 Å². The molecule has 1 amide bonds. The number of ether oxygens (including phenoxy) is 1. The number of benzene rings is 2. The van der Waals surface area contributed by atoms with Crippen molar-refractivity contribution in [3.05, 3.63) is 60.2 Å². The number of carbonyl (C=O) groups excluding carboxylic acids is 2. The molecular formula is C22H28N2O6S. The van der Waals surface area contributed by atoms with E-state index in [0.29, 0.717) is 38.0 Å². The lowest BCUT2D eigenvalue weighted by Crippen LogP contribution is -2.30. The number of rotatable bonds is 12. The zero-order chi connectivity index (χ0) is 22.7. The predicted molar refractivity (Wildman–Crippen MR) is 115 cm³/mol. The summed E-state index contributed by atoms with van der Waals surface area (Å²) < 4.78 is 29.4. The average molecular weight is 449 g/mol. The minimum Gasteiger partial charge on any atom is -0.497 e. The predicted octanol–water partition coefficient (Wildman–Crippen LogP) is 2.94. The third-order valence-electron chi connectivity index (χ3n) is 4.65. The number of hydrogen-bond donors (Lipinski definition) is 2. The molecule has 0 saturated heterocycles. The Labute approximate surface area is 183 Å². The molecule has 0 spiro atoms. The highest BCUT2D eigenvalue weighted by atomic mass is 32.2. The molecule has 0 fully saturated rings. The van der Waals surface area contributed by atoms with Crippen LogP contribution in [-0.2, 0) is 31.0 Å². The van der Waals surface area contributed by atoms with Gasteiger partial charge in [0, 0.05) is 13.0 Å². The molecule has 0 unspecified atom stereocenters. The fraction of sp³-hybridized carbons (Fsp3) is 0.364. The van der Waals surface area contributed by atoms with Crippen molar-refractivity contribution < 1.29 is 27.6 Å². The van der Waals surface area contributed by atoms with Gasteiger partial charge in [-0.25, -0.2) is 8.42 Å². The van der Waals surface area contributed by atoms with Crippen LogP contribution in [0.4, 0.5) is 0 Å². The Morgan fingerprint density at radius 1 is 1.00 bits per heavy atom. The van der Waals surface area contributed by atoms with Crippen molar-refractivity contribution >= 4 is 21.9 Å². The van der Waals surface area contributed by atoms with Gasteiger partial charge in [0.15, 0.2) is 0 Å². The first kappa shape index (κ1) is 24.4. The van der Waals surface area contributed by atoms with E-state index in [2.05, 4.69) is 5.32 Å². The van der Waals surface area contributed by atoms with Crippen molar-refractivity contribution in [3.8, 4) is 5.75 Å². The summed E-state index contributed by atoms with van der Waals surface area (Å²) in [6.07, 6.45) is 2.10. The Balaban J connectivity index is 1.65. The number of sulfonamides is 1. The van der Waals surface area contributed by atoms with Gasteiger partial charge in [0.1, 0.15) is 5.75 Å². The molecule has 0 aliphatic heterocycles.